The van der Waals surface area contributed by atoms with Gasteiger partial charge in [-0.1, -0.05) is 6.07 Å². The van der Waals surface area contributed by atoms with E-state index in [-0.39, 0.29) is 34.1 Å². The smallest absolute Gasteiger partial charge is 0.322 e. The van der Waals surface area contributed by atoms with Gasteiger partial charge < -0.3 is 10.6 Å². The number of nitrogens with one attached hydrogen (secondary N) is 2. The molecule has 1 aliphatic rings. The molecule has 0 aliphatic carbocycles. The van der Waals surface area contributed by atoms with Gasteiger partial charge in [-0.3, -0.25) is 24.1 Å². The monoisotopic (exact) mass is 419 g/mol. The molecule has 0 spiro atoms. The van der Waals surface area contributed by atoms with Crippen LogP contribution >= 0.6 is 0 Å². The number of halogens is 3. The summed E-state index contributed by atoms with van der Waals surface area (Å²) in [5.41, 5.74) is 0.365. The molecule has 4 amide bonds. The quantitative estimate of drug-likeness (QED) is 0.742. The Kier molecular flexibility index (Phi) is 5.34. The van der Waals surface area contributed by atoms with Crippen LogP contribution in [0.1, 0.15) is 44.9 Å². The number of rotatable bonds is 4. The Morgan fingerprint density at radius 3 is 2.10 bits per heavy atom. The highest BCUT2D eigenvalue weighted by Crippen LogP contribution is 2.26. The predicted octanol–water partition coefficient (Wildman–Crippen LogP) is 3.44. The summed E-state index contributed by atoms with van der Waals surface area (Å²) in [5.74, 6) is -3.72. The lowest BCUT2D eigenvalue weighted by Crippen LogP contribution is -2.35. The van der Waals surface area contributed by atoms with Crippen molar-refractivity contribution >= 4 is 35.0 Å². The van der Waals surface area contributed by atoms with Crippen molar-refractivity contribution in [3.63, 3.8) is 0 Å². The van der Waals surface area contributed by atoms with Crippen molar-refractivity contribution in [2.75, 3.05) is 10.6 Å². The molecule has 156 valence electrons. The third-order valence-corrected chi connectivity index (χ3v) is 4.33. The minimum absolute atomic E-state index is 0.0882. The number of fused-ring (bicyclic) bond motifs is 1. The molecule has 0 radical (unpaired) electrons. The van der Waals surface area contributed by atoms with Crippen LogP contribution < -0.4 is 10.6 Å². The molecule has 0 saturated heterocycles. The van der Waals surface area contributed by atoms with Crippen molar-refractivity contribution in [1.82, 2.24) is 4.90 Å². The molecule has 2 aromatic rings. The van der Waals surface area contributed by atoms with Gasteiger partial charge in [-0.25, -0.2) is 0 Å². The molecule has 0 aromatic heterocycles. The van der Waals surface area contributed by atoms with E-state index in [0.717, 1.165) is 11.0 Å². The summed E-state index contributed by atoms with van der Waals surface area (Å²) in [4.78, 5) is 49.4. The number of hydrogen-bond acceptors (Lipinski definition) is 4. The van der Waals surface area contributed by atoms with Crippen LogP contribution in [0.5, 0.6) is 0 Å². The van der Waals surface area contributed by atoms with Gasteiger partial charge in [0.15, 0.2) is 0 Å². The van der Waals surface area contributed by atoms with Crippen molar-refractivity contribution in [3.8, 4) is 0 Å². The van der Waals surface area contributed by atoms with E-state index >= 15 is 0 Å². The van der Waals surface area contributed by atoms with E-state index < -0.39 is 29.8 Å². The highest BCUT2D eigenvalue weighted by molar-refractivity contribution is 6.22. The first-order valence-electron chi connectivity index (χ1n) is 8.80. The van der Waals surface area contributed by atoms with E-state index in [1.54, 1.807) is 19.2 Å². The molecule has 0 bridgehead atoms. The van der Waals surface area contributed by atoms with Crippen LogP contribution in [0.4, 0.5) is 24.5 Å². The molecule has 3 rings (SSSR count). The van der Waals surface area contributed by atoms with E-state index in [1.165, 1.54) is 36.4 Å². The van der Waals surface area contributed by atoms with Crippen LogP contribution in [-0.4, -0.2) is 40.7 Å². The minimum atomic E-state index is -5.04. The van der Waals surface area contributed by atoms with Crippen molar-refractivity contribution in [2.24, 2.45) is 0 Å². The molecular formula is C20H16F3N3O4. The Morgan fingerprint density at radius 2 is 1.50 bits per heavy atom. The zero-order chi connectivity index (χ0) is 22.2. The van der Waals surface area contributed by atoms with E-state index in [0.29, 0.717) is 0 Å². The van der Waals surface area contributed by atoms with Crippen LogP contribution in [0.3, 0.4) is 0 Å². The van der Waals surface area contributed by atoms with Crippen LogP contribution in [0.25, 0.3) is 0 Å². The topological polar surface area (TPSA) is 95.6 Å². The second-order valence-corrected chi connectivity index (χ2v) is 6.82. The number of nitrogens with zero attached hydrogens (tertiary/aromatic N) is 1. The highest BCUT2D eigenvalue weighted by Gasteiger charge is 2.39. The number of alkyl halides is 3. The number of hydrogen-bond donors (Lipinski definition) is 2. The Hall–Kier alpha value is -3.69. The molecule has 0 atom stereocenters. The number of anilines is 2. The zero-order valence-electron chi connectivity index (χ0n) is 15.8. The Labute approximate surface area is 168 Å². The highest BCUT2D eigenvalue weighted by atomic mass is 19.4. The number of carbonyl (C=O) groups excluding carboxylic acids is 4. The van der Waals surface area contributed by atoms with Crippen LogP contribution in [0.15, 0.2) is 42.5 Å². The molecule has 10 heteroatoms. The fourth-order valence-electron chi connectivity index (χ4n) is 2.95. The van der Waals surface area contributed by atoms with Crippen LogP contribution in [0, 0.1) is 0 Å². The van der Waals surface area contributed by atoms with E-state index in [2.05, 4.69) is 5.32 Å². The maximum Gasteiger partial charge on any atom is 0.471 e. The van der Waals surface area contributed by atoms with Crippen molar-refractivity contribution < 1.29 is 32.3 Å². The summed E-state index contributed by atoms with van der Waals surface area (Å²) in [6.45, 7) is 3.39. The molecule has 0 fully saturated rings. The third kappa shape index (κ3) is 4.02. The molecule has 30 heavy (non-hydrogen) atoms. The first-order valence-corrected chi connectivity index (χ1v) is 8.80. The first kappa shape index (κ1) is 21.0. The Bertz CT molecular complexity index is 1060. The summed E-state index contributed by atoms with van der Waals surface area (Å²) in [5, 5.41) is 4.17. The fourth-order valence-corrected chi connectivity index (χ4v) is 2.95. The molecule has 7 nitrogen and oxygen atoms in total. The van der Waals surface area contributed by atoms with Gasteiger partial charge in [0, 0.05) is 23.0 Å². The lowest BCUT2D eigenvalue weighted by atomic mass is 10.1. The van der Waals surface area contributed by atoms with Crippen molar-refractivity contribution in [1.29, 1.82) is 0 Å². The van der Waals surface area contributed by atoms with Gasteiger partial charge >= 0.3 is 12.1 Å². The average Bonchev–Trinajstić information content (AvgIpc) is 2.91. The number of benzene rings is 2. The largest absolute Gasteiger partial charge is 0.471 e. The molecule has 2 aromatic carbocycles. The normalized spacial score (nSPS) is 13.5. The summed E-state index contributed by atoms with van der Waals surface area (Å²) >= 11 is 0. The van der Waals surface area contributed by atoms with Crippen LogP contribution in [-0.2, 0) is 4.79 Å². The SMILES string of the molecule is CC(C)N1C(=O)c2ccc(C(=O)Nc3cccc(NC(=O)C(F)(F)F)c3)cc2C1=O. The van der Waals surface area contributed by atoms with Gasteiger partial charge in [0.1, 0.15) is 0 Å². The second kappa shape index (κ2) is 7.62. The molecule has 1 aliphatic heterocycles. The van der Waals surface area contributed by atoms with Gasteiger partial charge in [0.2, 0.25) is 0 Å². The predicted molar refractivity (Wildman–Crippen MR) is 101 cm³/mol. The summed E-state index contributed by atoms with van der Waals surface area (Å²) in [6, 6.07) is 8.87. The minimum Gasteiger partial charge on any atom is -0.322 e. The van der Waals surface area contributed by atoms with E-state index in [9.17, 15) is 32.3 Å². The van der Waals surface area contributed by atoms with Crippen molar-refractivity contribution in [3.05, 3.63) is 59.2 Å². The fraction of sp³-hybridized carbons (Fsp3) is 0.200. The van der Waals surface area contributed by atoms with Gasteiger partial charge in [0.25, 0.3) is 17.7 Å². The van der Waals surface area contributed by atoms with Gasteiger partial charge in [0.05, 0.1) is 11.1 Å². The Morgan fingerprint density at radius 1 is 0.900 bits per heavy atom. The summed E-state index contributed by atoms with van der Waals surface area (Å²) in [6.07, 6.45) is -5.04. The lowest BCUT2D eigenvalue weighted by Gasteiger charge is -2.17. The molecule has 0 saturated carbocycles. The first-order chi connectivity index (χ1) is 14.0. The molecule has 2 N–H and O–H groups in total. The average molecular weight is 419 g/mol. The van der Waals surface area contributed by atoms with E-state index in [1.807, 2.05) is 0 Å². The lowest BCUT2D eigenvalue weighted by molar-refractivity contribution is -0.167. The number of carbonyl (C=O) groups is 4. The van der Waals surface area contributed by atoms with Gasteiger partial charge in [-0.05, 0) is 50.2 Å². The van der Waals surface area contributed by atoms with E-state index in [4.69, 9.17) is 0 Å². The summed E-state index contributed by atoms with van der Waals surface area (Å²) in [7, 11) is 0. The third-order valence-electron chi connectivity index (χ3n) is 4.33. The molecular weight excluding hydrogens is 403 g/mol. The molecule has 1 heterocycles. The zero-order valence-corrected chi connectivity index (χ0v) is 15.8. The second-order valence-electron chi connectivity index (χ2n) is 6.82. The Balaban J connectivity index is 1.79. The number of amides is 4. The van der Waals surface area contributed by atoms with Gasteiger partial charge in [-0.15, -0.1) is 0 Å². The summed E-state index contributed by atoms with van der Waals surface area (Å²) < 4.78 is 37.1. The maximum absolute atomic E-state index is 12.5. The van der Waals surface area contributed by atoms with Crippen LogP contribution in [0.2, 0.25) is 0 Å². The molecule has 0 unspecified atom stereocenters. The van der Waals surface area contributed by atoms with Crippen molar-refractivity contribution in [2.45, 2.75) is 26.1 Å². The maximum atomic E-state index is 12.5. The van der Waals surface area contributed by atoms with Gasteiger partial charge in [-0.2, -0.15) is 13.2 Å². The standard InChI is InChI=1S/C20H16F3N3O4/c1-10(2)26-17(28)14-7-6-11(8-15(14)18(26)29)16(27)24-12-4-3-5-13(9-12)25-19(30)20(21,22)23/h3-10H,1-2H3,(H,24,27)(H,25,30). The number of imide groups is 1.